The maximum Gasteiger partial charge on any atom is 0.337 e. The molecule has 0 fully saturated rings. The Morgan fingerprint density at radius 1 is 1.04 bits per heavy atom. The molecule has 0 heterocycles. The van der Waals surface area contributed by atoms with Crippen molar-refractivity contribution in [3.05, 3.63) is 76.3 Å². The van der Waals surface area contributed by atoms with Crippen molar-refractivity contribution >= 4 is 32.7 Å². The van der Waals surface area contributed by atoms with Crippen LogP contribution in [-0.4, -0.2) is 13.1 Å². The summed E-state index contributed by atoms with van der Waals surface area (Å²) in [5, 5.41) is 2.37. The molecule has 3 rings (SSSR count). The Kier molecular flexibility index (Phi) is 4.63. The molecule has 3 aromatic rings. The van der Waals surface area contributed by atoms with E-state index in [9.17, 15) is 4.79 Å². The van der Waals surface area contributed by atoms with Crippen molar-refractivity contribution in [2.75, 3.05) is 7.11 Å². The monoisotopic (exact) mass is 370 g/mol. The summed E-state index contributed by atoms with van der Waals surface area (Å²) in [7, 11) is 1.36. The van der Waals surface area contributed by atoms with Crippen LogP contribution in [0.15, 0.2) is 65.1 Å². The molecule has 4 heteroatoms. The van der Waals surface area contributed by atoms with Crippen molar-refractivity contribution in [3.8, 4) is 5.75 Å². The minimum absolute atomic E-state index is 0.369. The molecular weight excluding hydrogens is 356 g/mol. The Morgan fingerprint density at radius 2 is 1.83 bits per heavy atom. The third-order valence-corrected chi connectivity index (χ3v) is 4.24. The summed E-state index contributed by atoms with van der Waals surface area (Å²) in [5.41, 5.74) is 1.60. The number of halogens is 1. The van der Waals surface area contributed by atoms with E-state index in [0.29, 0.717) is 17.9 Å². The van der Waals surface area contributed by atoms with Crippen LogP contribution in [0.5, 0.6) is 5.75 Å². The fourth-order valence-corrected chi connectivity index (χ4v) is 2.93. The fourth-order valence-electron chi connectivity index (χ4n) is 2.44. The molecule has 0 aliphatic rings. The summed E-state index contributed by atoms with van der Waals surface area (Å²) in [6, 6.07) is 19.5. The minimum atomic E-state index is -0.369. The topological polar surface area (TPSA) is 35.5 Å². The summed E-state index contributed by atoms with van der Waals surface area (Å²) < 4.78 is 11.3. The van der Waals surface area contributed by atoms with Crippen molar-refractivity contribution in [3.63, 3.8) is 0 Å². The van der Waals surface area contributed by atoms with E-state index in [-0.39, 0.29) is 5.97 Å². The highest BCUT2D eigenvalue weighted by atomic mass is 79.9. The zero-order chi connectivity index (χ0) is 16.2. The fraction of sp³-hybridized carbons (Fsp3) is 0.105. The van der Waals surface area contributed by atoms with E-state index in [4.69, 9.17) is 9.47 Å². The smallest absolute Gasteiger partial charge is 0.337 e. The maximum absolute atomic E-state index is 11.5. The van der Waals surface area contributed by atoms with Crippen LogP contribution in [0.25, 0.3) is 10.8 Å². The number of ether oxygens (including phenoxy) is 2. The summed E-state index contributed by atoms with van der Waals surface area (Å²) in [5.74, 6) is 0.317. The summed E-state index contributed by atoms with van der Waals surface area (Å²) in [6.45, 7) is 0.456. The first-order valence-corrected chi connectivity index (χ1v) is 7.95. The van der Waals surface area contributed by atoms with Crippen molar-refractivity contribution < 1.29 is 14.3 Å². The first kappa shape index (κ1) is 15.6. The number of rotatable bonds is 4. The molecule has 0 amide bonds. The van der Waals surface area contributed by atoms with Gasteiger partial charge in [0.2, 0.25) is 0 Å². The Morgan fingerprint density at radius 3 is 2.61 bits per heavy atom. The van der Waals surface area contributed by atoms with Gasteiger partial charge in [0.15, 0.2) is 0 Å². The largest absolute Gasteiger partial charge is 0.488 e. The number of carbonyl (C=O) groups is 1. The summed E-state index contributed by atoms with van der Waals surface area (Å²) >= 11 is 3.44. The number of fused-ring (bicyclic) bond motifs is 1. The average molecular weight is 371 g/mol. The molecule has 0 radical (unpaired) electrons. The highest BCUT2D eigenvalue weighted by molar-refractivity contribution is 9.10. The van der Waals surface area contributed by atoms with Gasteiger partial charge in [-0.15, -0.1) is 0 Å². The van der Waals surface area contributed by atoms with Crippen LogP contribution >= 0.6 is 15.9 Å². The lowest BCUT2D eigenvalue weighted by Gasteiger charge is -2.11. The SMILES string of the molecule is COC(=O)c1ccc(OCc2cccc3ccccc23)c(Br)c1. The molecule has 23 heavy (non-hydrogen) atoms. The number of carbonyl (C=O) groups excluding carboxylic acids is 1. The van der Waals surface area contributed by atoms with Gasteiger partial charge in [-0.05, 0) is 50.5 Å². The summed E-state index contributed by atoms with van der Waals surface area (Å²) in [4.78, 5) is 11.5. The highest BCUT2D eigenvalue weighted by Crippen LogP contribution is 2.28. The van der Waals surface area contributed by atoms with Crippen LogP contribution in [-0.2, 0) is 11.3 Å². The van der Waals surface area contributed by atoms with Gasteiger partial charge in [0.05, 0.1) is 17.1 Å². The van der Waals surface area contributed by atoms with Crippen molar-refractivity contribution in [1.82, 2.24) is 0 Å². The molecule has 0 atom stereocenters. The van der Waals surface area contributed by atoms with E-state index < -0.39 is 0 Å². The van der Waals surface area contributed by atoms with E-state index >= 15 is 0 Å². The molecule has 0 aliphatic carbocycles. The van der Waals surface area contributed by atoms with Gasteiger partial charge in [0, 0.05) is 0 Å². The second-order valence-corrected chi connectivity index (χ2v) is 5.92. The molecule has 0 bridgehead atoms. The normalized spacial score (nSPS) is 10.5. The lowest BCUT2D eigenvalue weighted by atomic mass is 10.1. The number of hydrogen-bond donors (Lipinski definition) is 0. The quantitative estimate of drug-likeness (QED) is 0.608. The molecule has 3 nitrogen and oxygen atoms in total. The minimum Gasteiger partial charge on any atom is -0.488 e. The maximum atomic E-state index is 11.5. The lowest BCUT2D eigenvalue weighted by molar-refractivity contribution is 0.0600. The molecule has 0 saturated heterocycles. The molecule has 0 aromatic heterocycles. The second kappa shape index (κ2) is 6.84. The van der Waals surface area contributed by atoms with Gasteiger partial charge >= 0.3 is 5.97 Å². The van der Waals surface area contributed by atoms with Crippen molar-refractivity contribution in [1.29, 1.82) is 0 Å². The summed E-state index contributed by atoms with van der Waals surface area (Å²) in [6.07, 6.45) is 0. The van der Waals surface area contributed by atoms with Gasteiger partial charge < -0.3 is 9.47 Å². The van der Waals surface area contributed by atoms with E-state index in [2.05, 4.69) is 40.2 Å². The molecule has 0 spiro atoms. The highest BCUT2D eigenvalue weighted by Gasteiger charge is 2.10. The van der Waals surface area contributed by atoms with Gasteiger partial charge in [-0.1, -0.05) is 42.5 Å². The predicted molar refractivity (Wildman–Crippen MR) is 93.8 cm³/mol. The Hall–Kier alpha value is -2.33. The van der Waals surface area contributed by atoms with Crippen molar-refractivity contribution in [2.24, 2.45) is 0 Å². The molecule has 0 unspecified atom stereocenters. The second-order valence-electron chi connectivity index (χ2n) is 5.06. The van der Waals surface area contributed by atoms with Crippen LogP contribution in [0.1, 0.15) is 15.9 Å². The third kappa shape index (κ3) is 3.37. The number of benzene rings is 3. The molecule has 0 N–H and O–H groups in total. The molecule has 0 aliphatic heterocycles. The zero-order valence-electron chi connectivity index (χ0n) is 12.6. The van der Waals surface area contributed by atoms with E-state index in [0.717, 1.165) is 10.0 Å². The molecule has 3 aromatic carbocycles. The predicted octanol–water partition coefficient (Wildman–Crippen LogP) is 4.97. The molecule has 0 saturated carbocycles. The molecular formula is C19H15BrO3. The number of esters is 1. The first-order chi connectivity index (χ1) is 11.2. The Balaban J connectivity index is 1.81. The third-order valence-electron chi connectivity index (χ3n) is 3.62. The van der Waals surface area contributed by atoms with E-state index in [1.165, 1.54) is 17.9 Å². The first-order valence-electron chi connectivity index (χ1n) is 7.16. The van der Waals surface area contributed by atoms with Crippen LogP contribution in [0.2, 0.25) is 0 Å². The zero-order valence-corrected chi connectivity index (χ0v) is 14.2. The molecule has 116 valence electrons. The average Bonchev–Trinajstić information content (AvgIpc) is 2.60. The van der Waals surface area contributed by atoms with Crippen molar-refractivity contribution in [2.45, 2.75) is 6.61 Å². The number of hydrogen-bond acceptors (Lipinski definition) is 3. The van der Waals surface area contributed by atoms with Gasteiger partial charge in [-0.2, -0.15) is 0 Å². The van der Waals surface area contributed by atoms with Crippen LogP contribution in [0, 0.1) is 0 Å². The van der Waals surface area contributed by atoms with Crippen LogP contribution < -0.4 is 4.74 Å². The van der Waals surface area contributed by atoms with Crippen LogP contribution in [0.4, 0.5) is 0 Å². The Bertz CT molecular complexity index is 853. The van der Waals surface area contributed by atoms with E-state index in [1.807, 2.05) is 18.2 Å². The van der Waals surface area contributed by atoms with Gasteiger partial charge in [0.25, 0.3) is 0 Å². The van der Waals surface area contributed by atoms with Gasteiger partial charge in [-0.3, -0.25) is 0 Å². The van der Waals surface area contributed by atoms with E-state index in [1.54, 1.807) is 18.2 Å². The lowest BCUT2D eigenvalue weighted by Crippen LogP contribution is -2.02. The Labute approximate surface area is 143 Å². The van der Waals surface area contributed by atoms with Crippen LogP contribution in [0.3, 0.4) is 0 Å². The number of methoxy groups -OCH3 is 1. The van der Waals surface area contributed by atoms with Gasteiger partial charge in [0.1, 0.15) is 12.4 Å². The standard InChI is InChI=1S/C19H15BrO3/c1-22-19(21)14-9-10-18(17(20)11-14)23-12-15-7-4-6-13-5-2-3-8-16(13)15/h2-11H,12H2,1H3. The van der Waals surface area contributed by atoms with Gasteiger partial charge in [-0.25, -0.2) is 4.79 Å².